The highest BCUT2D eigenvalue weighted by atomic mass is 127. The molecule has 1 heterocycles. The van der Waals surface area contributed by atoms with Gasteiger partial charge >= 0.3 is 0 Å². The molecule has 0 radical (unpaired) electrons. The zero-order valence-electron chi connectivity index (χ0n) is 12.9. The van der Waals surface area contributed by atoms with Crippen LogP contribution in [0.15, 0.2) is 4.99 Å². The summed E-state index contributed by atoms with van der Waals surface area (Å²) in [6, 6.07) is 0.224. The highest BCUT2D eigenvalue weighted by Gasteiger charge is 2.31. The fourth-order valence-electron chi connectivity index (χ4n) is 2.98. The first-order valence-electron chi connectivity index (χ1n) is 7.46. The van der Waals surface area contributed by atoms with Gasteiger partial charge in [-0.2, -0.15) is 0 Å². The molecule has 2 fully saturated rings. The average Bonchev–Trinajstić information content (AvgIpc) is 2.86. The first-order chi connectivity index (χ1) is 9.52. The van der Waals surface area contributed by atoms with Gasteiger partial charge in [0.2, 0.25) is 5.91 Å². The van der Waals surface area contributed by atoms with Crippen LogP contribution in [-0.4, -0.2) is 60.7 Å². The number of amides is 1. The Hall–Kier alpha value is -0.570. The molecule has 1 saturated heterocycles. The maximum absolute atomic E-state index is 11.5. The van der Waals surface area contributed by atoms with E-state index in [2.05, 4.69) is 15.6 Å². The molecule has 7 heteroatoms. The van der Waals surface area contributed by atoms with Crippen molar-refractivity contribution < 1.29 is 9.90 Å². The van der Waals surface area contributed by atoms with Gasteiger partial charge in [-0.1, -0.05) is 12.8 Å². The van der Waals surface area contributed by atoms with Gasteiger partial charge in [-0.15, -0.1) is 24.0 Å². The number of halogens is 1. The zero-order valence-corrected chi connectivity index (χ0v) is 15.2. The lowest BCUT2D eigenvalue weighted by molar-refractivity contribution is -0.132. The highest BCUT2D eigenvalue weighted by molar-refractivity contribution is 14.0. The Morgan fingerprint density at radius 1 is 1.48 bits per heavy atom. The minimum Gasteiger partial charge on any atom is -0.388 e. The standard InChI is InChI=1S/C14H26N4O2.HI/c1-15-13(16-10-14(20)7-3-4-8-14)17-11-5-6-12(19)18(2)9-11;/h11,20H,3-10H2,1-2H3,(H2,15,16,17);1H. The van der Waals surface area contributed by atoms with E-state index in [-0.39, 0.29) is 35.9 Å². The van der Waals surface area contributed by atoms with Crippen LogP contribution in [-0.2, 0) is 4.79 Å². The molecule has 1 unspecified atom stereocenters. The molecule has 1 saturated carbocycles. The summed E-state index contributed by atoms with van der Waals surface area (Å²) in [4.78, 5) is 17.4. The van der Waals surface area contributed by atoms with Gasteiger partial charge in [0.1, 0.15) is 0 Å². The molecule has 1 aliphatic carbocycles. The van der Waals surface area contributed by atoms with Crippen LogP contribution in [0.2, 0.25) is 0 Å². The summed E-state index contributed by atoms with van der Waals surface area (Å²) < 4.78 is 0. The molecule has 2 aliphatic rings. The summed E-state index contributed by atoms with van der Waals surface area (Å²) >= 11 is 0. The van der Waals surface area contributed by atoms with E-state index in [1.54, 1.807) is 11.9 Å². The van der Waals surface area contributed by atoms with Crippen molar-refractivity contribution in [3.63, 3.8) is 0 Å². The maximum atomic E-state index is 11.5. The van der Waals surface area contributed by atoms with E-state index in [1.807, 2.05) is 7.05 Å². The molecule has 0 spiro atoms. The Kier molecular flexibility index (Phi) is 7.19. The summed E-state index contributed by atoms with van der Waals surface area (Å²) in [5, 5.41) is 16.9. The number of aliphatic imine (C=N–C) groups is 1. The van der Waals surface area contributed by atoms with Crippen molar-refractivity contribution in [3.8, 4) is 0 Å². The van der Waals surface area contributed by atoms with Gasteiger partial charge in [-0.05, 0) is 19.3 Å². The fourth-order valence-corrected chi connectivity index (χ4v) is 2.98. The number of nitrogens with zero attached hydrogens (tertiary/aromatic N) is 2. The monoisotopic (exact) mass is 410 g/mol. The van der Waals surface area contributed by atoms with Crippen molar-refractivity contribution in [2.24, 2.45) is 4.99 Å². The third kappa shape index (κ3) is 5.28. The van der Waals surface area contributed by atoms with Gasteiger partial charge in [0.15, 0.2) is 5.96 Å². The van der Waals surface area contributed by atoms with Crippen LogP contribution in [0.5, 0.6) is 0 Å². The lowest BCUT2D eigenvalue weighted by Gasteiger charge is -2.32. The first-order valence-corrected chi connectivity index (χ1v) is 7.46. The minimum absolute atomic E-state index is 0. The minimum atomic E-state index is -0.586. The van der Waals surface area contributed by atoms with E-state index >= 15 is 0 Å². The van der Waals surface area contributed by atoms with E-state index in [0.29, 0.717) is 25.5 Å². The number of carbonyl (C=O) groups is 1. The van der Waals surface area contributed by atoms with Crippen LogP contribution in [0.4, 0.5) is 0 Å². The molecular weight excluding hydrogens is 383 g/mol. The summed E-state index contributed by atoms with van der Waals surface area (Å²) in [6.07, 6.45) is 5.32. The van der Waals surface area contributed by atoms with E-state index < -0.39 is 5.60 Å². The Morgan fingerprint density at radius 3 is 2.71 bits per heavy atom. The number of guanidine groups is 1. The van der Waals surface area contributed by atoms with Crippen molar-refractivity contribution in [2.75, 3.05) is 27.2 Å². The molecule has 0 aromatic carbocycles. The van der Waals surface area contributed by atoms with Crippen molar-refractivity contribution in [1.29, 1.82) is 0 Å². The molecule has 2 rings (SSSR count). The van der Waals surface area contributed by atoms with Crippen LogP contribution in [0.1, 0.15) is 38.5 Å². The maximum Gasteiger partial charge on any atom is 0.222 e. The first kappa shape index (κ1) is 18.5. The Bertz CT molecular complexity index is 383. The van der Waals surface area contributed by atoms with Gasteiger partial charge in [-0.25, -0.2) is 0 Å². The molecular formula is C14H27IN4O2. The predicted octanol–water partition coefficient (Wildman–Crippen LogP) is 0.695. The molecule has 1 atom stereocenters. The second-order valence-corrected chi connectivity index (χ2v) is 6.01. The van der Waals surface area contributed by atoms with Gasteiger partial charge in [0.05, 0.1) is 5.60 Å². The summed E-state index contributed by atoms with van der Waals surface area (Å²) in [5.74, 6) is 0.907. The smallest absolute Gasteiger partial charge is 0.222 e. The number of carbonyl (C=O) groups excluding carboxylic acids is 1. The second-order valence-electron chi connectivity index (χ2n) is 6.01. The molecule has 122 valence electrons. The normalized spacial score (nSPS) is 25.5. The topological polar surface area (TPSA) is 77.0 Å². The number of hydrogen-bond acceptors (Lipinski definition) is 3. The van der Waals surface area contributed by atoms with Crippen LogP contribution >= 0.6 is 24.0 Å². The lowest BCUT2D eigenvalue weighted by Crippen LogP contribution is -2.53. The molecule has 21 heavy (non-hydrogen) atoms. The second kappa shape index (κ2) is 8.17. The molecule has 1 amide bonds. The molecule has 3 N–H and O–H groups in total. The van der Waals surface area contributed by atoms with Crippen LogP contribution in [0.25, 0.3) is 0 Å². The Balaban J connectivity index is 0.00000220. The molecule has 0 aromatic rings. The van der Waals surface area contributed by atoms with E-state index in [9.17, 15) is 9.90 Å². The van der Waals surface area contributed by atoms with Crippen LogP contribution < -0.4 is 10.6 Å². The van der Waals surface area contributed by atoms with Gasteiger partial charge in [-0.3, -0.25) is 9.79 Å². The van der Waals surface area contributed by atoms with E-state index in [4.69, 9.17) is 0 Å². The molecule has 0 bridgehead atoms. The summed E-state index contributed by atoms with van der Waals surface area (Å²) in [6.45, 7) is 1.23. The van der Waals surface area contributed by atoms with E-state index in [0.717, 1.165) is 32.1 Å². The SMILES string of the molecule is CN=C(NCC1(O)CCCC1)NC1CCC(=O)N(C)C1.I. The fraction of sp³-hybridized carbons (Fsp3) is 0.857. The van der Waals surface area contributed by atoms with Crippen molar-refractivity contribution >= 4 is 35.8 Å². The highest BCUT2D eigenvalue weighted by Crippen LogP contribution is 2.28. The molecule has 6 nitrogen and oxygen atoms in total. The third-order valence-corrected chi connectivity index (χ3v) is 4.31. The van der Waals surface area contributed by atoms with Crippen LogP contribution in [0.3, 0.4) is 0 Å². The molecule has 0 aromatic heterocycles. The Morgan fingerprint density at radius 2 is 2.14 bits per heavy atom. The molecule has 1 aliphatic heterocycles. The van der Waals surface area contributed by atoms with E-state index in [1.165, 1.54) is 0 Å². The van der Waals surface area contributed by atoms with Crippen molar-refractivity contribution in [2.45, 2.75) is 50.2 Å². The number of rotatable bonds is 3. The number of piperidine rings is 1. The number of likely N-dealkylation sites (tertiary alicyclic amines) is 1. The van der Waals surface area contributed by atoms with Gasteiger partial charge in [0.25, 0.3) is 0 Å². The summed E-state index contributed by atoms with van der Waals surface area (Å²) in [7, 11) is 3.55. The third-order valence-electron chi connectivity index (χ3n) is 4.31. The van der Waals surface area contributed by atoms with Crippen molar-refractivity contribution in [1.82, 2.24) is 15.5 Å². The zero-order chi connectivity index (χ0) is 14.6. The predicted molar refractivity (Wildman–Crippen MR) is 94.0 cm³/mol. The average molecular weight is 410 g/mol. The lowest BCUT2D eigenvalue weighted by atomic mass is 10.0. The number of aliphatic hydroxyl groups is 1. The van der Waals surface area contributed by atoms with Gasteiger partial charge in [0, 0.05) is 39.6 Å². The quantitative estimate of drug-likeness (QED) is 0.364. The largest absolute Gasteiger partial charge is 0.388 e. The Labute approximate surface area is 143 Å². The van der Waals surface area contributed by atoms with Crippen molar-refractivity contribution in [3.05, 3.63) is 0 Å². The summed E-state index contributed by atoms with van der Waals surface area (Å²) in [5.41, 5.74) is -0.586. The van der Waals surface area contributed by atoms with Gasteiger partial charge < -0.3 is 20.6 Å². The number of likely N-dealkylation sites (N-methyl/N-ethyl adjacent to an activating group) is 1. The number of nitrogens with one attached hydrogen (secondary N) is 2. The van der Waals surface area contributed by atoms with Crippen LogP contribution in [0, 0.1) is 0 Å². The number of hydrogen-bond donors (Lipinski definition) is 3.